The van der Waals surface area contributed by atoms with E-state index in [1.54, 1.807) is 0 Å². The van der Waals surface area contributed by atoms with E-state index in [-0.39, 0.29) is 0 Å². The summed E-state index contributed by atoms with van der Waals surface area (Å²) in [5.74, 6) is 3.67. The average molecular weight is 253 g/mol. The predicted molar refractivity (Wildman–Crippen MR) is 81.8 cm³/mol. The highest BCUT2D eigenvalue weighted by Crippen LogP contribution is 2.34. The summed E-state index contributed by atoms with van der Waals surface area (Å²) in [5.41, 5.74) is 0. The van der Waals surface area contributed by atoms with Crippen molar-refractivity contribution in [2.24, 2.45) is 23.7 Å². The van der Waals surface area contributed by atoms with Crippen LogP contribution in [0.5, 0.6) is 0 Å². The summed E-state index contributed by atoms with van der Waals surface area (Å²) in [6, 6.07) is 0. The zero-order valence-electron chi connectivity index (χ0n) is 13.2. The van der Waals surface area contributed by atoms with Crippen LogP contribution >= 0.6 is 0 Å². The molecule has 1 aliphatic rings. The lowest BCUT2D eigenvalue weighted by Gasteiger charge is -2.33. The number of rotatable bonds is 8. The van der Waals surface area contributed by atoms with Crippen LogP contribution in [0.1, 0.15) is 72.6 Å². The normalized spacial score (nSPS) is 26.5. The van der Waals surface area contributed by atoms with Crippen molar-refractivity contribution >= 4 is 0 Å². The third-order valence-electron chi connectivity index (χ3n) is 4.51. The molecule has 108 valence electrons. The molecule has 1 N–H and O–H groups in total. The molecule has 1 saturated carbocycles. The standard InChI is InChI=1S/C17H35N/c1-5-8-15(4)11-16-9-6-7-10-17(16)13-18-12-14(2)3/h14-18H,5-13H2,1-4H3. The van der Waals surface area contributed by atoms with Crippen molar-refractivity contribution in [1.82, 2.24) is 5.32 Å². The minimum atomic E-state index is 0.783. The van der Waals surface area contributed by atoms with Crippen molar-refractivity contribution in [2.45, 2.75) is 72.6 Å². The SMILES string of the molecule is CCCC(C)CC1CCCCC1CNCC(C)C. The fraction of sp³-hybridized carbons (Fsp3) is 1.00. The van der Waals surface area contributed by atoms with Gasteiger partial charge >= 0.3 is 0 Å². The molecule has 0 radical (unpaired) electrons. The molecule has 0 heterocycles. The maximum atomic E-state index is 3.69. The Hall–Kier alpha value is -0.0400. The average Bonchev–Trinajstić information content (AvgIpc) is 2.31. The van der Waals surface area contributed by atoms with Crippen LogP contribution in [0.25, 0.3) is 0 Å². The van der Waals surface area contributed by atoms with Gasteiger partial charge in [-0.1, -0.05) is 59.8 Å². The van der Waals surface area contributed by atoms with E-state index < -0.39 is 0 Å². The summed E-state index contributed by atoms with van der Waals surface area (Å²) in [4.78, 5) is 0. The molecular weight excluding hydrogens is 218 g/mol. The van der Waals surface area contributed by atoms with Crippen LogP contribution in [0, 0.1) is 23.7 Å². The zero-order valence-corrected chi connectivity index (χ0v) is 13.2. The van der Waals surface area contributed by atoms with Crippen LogP contribution < -0.4 is 5.32 Å². The van der Waals surface area contributed by atoms with E-state index in [9.17, 15) is 0 Å². The zero-order chi connectivity index (χ0) is 13.4. The Morgan fingerprint density at radius 3 is 2.33 bits per heavy atom. The Balaban J connectivity index is 2.31. The van der Waals surface area contributed by atoms with Gasteiger partial charge in [0.15, 0.2) is 0 Å². The quantitative estimate of drug-likeness (QED) is 0.651. The first kappa shape index (κ1) is 16.0. The minimum Gasteiger partial charge on any atom is -0.316 e. The van der Waals surface area contributed by atoms with Gasteiger partial charge in [-0.15, -0.1) is 0 Å². The first-order valence-electron chi connectivity index (χ1n) is 8.34. The highest BCUT2D eigenvalue weighted by Gasteiger charge is 2.25. The van der Waals surface area contributed by atoms with Crippen molar-refractivity contribution in [2.75, 3.05) is 13.1 Å². The van der Waals surface area contributed by atoms with Crippen molar-refractivity contribution < 1.29 is 0 Å². The molecule has 0 saturated heterocycles. The van der Waals surface area contributed by atoms with Crippen molar-refractivity contribution in [3.8, 4) is 0 Å². The Morgan fingerprint density at radius 2 is 1.72 bits per heavy atom. The van der Waals surface area contributed by atoms with E-state index in [2.05, 4.69) is 33.0 Å². The van der Waals surface area contributed by atoms with Gasteiger partial charge in [-0.3, -0.25) is 0 Å². The smallest absolute Gasteiger partial charge is 0.00178 e. The lowest BCUT2D eigenvalue weighted by atomic mass is 9.74. The Labute approximate surface area is 115 Å². The van der Waals surface area contributed by atoms with Crippen LogP contribution in [0.15, 0.2) is 0 Å². The molecule has 1 fully saturated rings. The molecule has 0 amide bonds. The first-order chi connectivity index (χ1) is 8.63. The largest absolute Gasteiger partial charge is 0.316 e. The molecule has 0 aromatic rings. The highest BCUT2D eigenvalue weighted by molar-refractivity contribution is 4.78. The van der Waals surface area contributed by atoms with E-state index in [0.29, 0.717) is 0 Å². The summed E-state index contributed by atoms with van der Waals surface area (Å²) in [5, 5.41) is 3.69. The lowest BCUT2D eigenvalue weighted by molar-refractivity contribution is 0.191. The van der Waals surface area contributed by atoms with Gasteiger partial charge in [0.2, 0.25) is 0 Å². The fourth-order valence-corrected chi connectivity index (χ4v) is 3.55. The van der Waals surface area contributed by atoms with Crippen LogP contribution in [-0.2, 0) is 0 Å². The summed E-state index contributed by atoms with van der Waals surface area (Å²) >= 11 is 0. The van der Waals surface area contributed by atoms with Gasteiger partial charge in [0, 0.05) is 0 Å². The van der Waals surface area contributed by atoms with Crippen LogP contribution in [0.3, 0.4) is 0 Å². The summed E-state index contributed by atoms with van der Waals surface area (Å²) in [6.45, 7) is 11.8. The second kappa shape index (κ2) is 8.96. The van der Waals surface area contributed by atoms with E-state index in [0.717, 1.165) is 23.7 Å². The molecule has 3 unspecified atom stereocenters. The minimum absolute atomic E-state index is 0.783. The van der Waals surface area contributed by atoms with E-state index in [4.69, 9.17) is 0 Å². The number of nitrogens with one attached hydrogen (secondary N) is 1. The highest BCUT2D eigenvalue weighted by atomic mass is 14.9. The van der Waals surface area contributed by atoms with Crippen molar-refractivity contribution in [1.29, 1.82) is 0 Å². The van der Waals surface area contributed by atoms with Gasteiger partial charge in [0.05, 0.1) is 0 Å². The van der Waals surface area contributed by atoms with Gasteiger partial charge in [-0.2, -0.15) is 0 Å². The Morgan fingerprint density at radius 1 is 1.06 bits per heavy atom. The van der Waals surface area contributed by atoms with Crippen molar-refractivity contribution in [3.63, 3.8) is 0 Å². The molecule has 0 aromatic heterocycles. The summed E-state index contributed by atoms with van der Waals surface area (Å²) in [7, 11) is 0. The van der Waals surface area contributed by atoms with Crippen LogP contribution in [0.2, 0.25) is 0 Å². The predicted octanol–water partition coefficient (Wildman–Crippen LogP) is 4.86. The molecule has 0 aromatic carbocycles. The Kier molecular flexibility index (Phi) is 7.97. The molecule has 18 heavy (non-hydrogen) atoms. The van der Waals surface area contributed by atoms with Crippen LogP contribution in [0.4, 0.5) is 0 Å². The molecule has 1 rings (SSSR count). The topological polar surface area (TPSA) is 12.0 Å². The van der Waals surface area contributed by atoms with Gasteiger partial charge in [0.1, 0.15) is 0 Å². The molecule has 1 nitrogen and oxygen atoms in total. The van der Waals surface area contributed by atoms with Gasteiger partial charge in [0.25, 0.3) is 0 Å². The number of hydrogen-bond acceptors (Lipinski definition) is 1. The van der Waals surface area contributed by atoms with Gasteiger partial charge < -0.3 is 5.32 Å². The fourth-order valence-electron chi connectivity index (χ4n) is 3.55. The van der Waals surface area contributed by atoms with E-state index in [1.807, 2.05) is 0 Å². The maximum absolute atomic E-state index is 3.69. The summed E-state index contributed by atoms with van der Waals surface area (Å²) < 4.78 is 0. The third kappa shape index (κ3) is 6.22. The van der Waals surface area contributed by atoms with Crippen molar-refractivity contribution in [3.05, 3.63) is 0 Å². The third-order valence-corrected chi connectivity index (χ3v) is 4.51. The second-order valence-electron chi connectivity index (χ2n) is 6.99. The van der Waals surface area contributed by atoms with E-state index >= 15 is 0 Å². The molecule has 3 atom stereocenters. The molecule has 0 spiro atoms. The Bertz CT molecular complexity index is 200. The van der Waals surface area contributed by atoms with Gasteiger partial charge in [-0.05, 0) is 49.6 Å². The molecule has 0 bridgehead atoms. The number of hydrogen-bond donors (Lipinski definition) is 1. The van der Waals surface area contributed by atoms with Gasteiger partial charge in [-0.25, -0.2) is 0 Å². The monoisotopic (exact) mass is 253 g/mol. The molecule has 1 heteroatoms. The molecule has 1 aliphatic carbocycles. The molecule has 0 aliphatic heterocycles. The van der Waals surface area contributed by atoms with E-state index in [1.165, 1.54) is 58.0 Å². The molecular formula is C17H35N. The lowest BCUT2D eigenvalue weighted by Crippen LogP contribution is -2.33. The second-order valence-corrected chi connectivity index (χ2v) is 6.99. The van der Waals surface area contributed by atoms with Crippen LogP contribution in [-0.4, -0.2) is 13.1 Å². The first-order valence-corrected chi connectivity index (χ1v) is 8.34. The maximum Gasteiger partial charge on any atom is -0.00178 e. The summed E-state index contributed by atoms with van der Waals surface area (Å²) in [6.07, 6.45) is 10.1.